The summed E-state index contributed by atoms with van der Waals surface area (Å²) in [7, 11) is -9.14. The molecule has 0 radical (unpaired) electrons. The minimum Gasteiger partial charge on any atom is -0.744 e. The number of carbonyl (C=O) groups excluding carboxylic acids is 2. The van der Waals surface area contributed by atoms with Crippen molar-refractivity contribution in [3.05, 3.63) is 118 Å². The summed E-state index contributed by atoms with van der Waals surface area (Å²) in [6.07, 6.45) is 2.02. The number of aryl methyl sites for hydroxylation is 2. The van der Waals surface area contributed by atoms with Gasteiger partial charge in [-0.1, -0.05) is 48.5 Å². The molecule has 2 N–H and O–H groups in total. The first-order valence-corrected chi connectivity index (χ1v) is 17.5. The maximum absolute atomic E-state index is 13.8. The largest absolute Gasteiger partial charge is 1.00 e. The molecule has 240 valence electrons. The molecule has 0 heterocycles. The van der Waals surface area contributed by atoms with Crippen LogP contribution in [0, 0.1) is 0 Å². The number of fused-ring (bicyclic) bond motifs is 2. The second-order valence-electron chi connectivity index (χ2n) is 11.5. The number of ketones is 2. The Bertz CT molecular complexity index is 1910. The van der Waals surface area contributed by atoms with E-state index in [0.29, 0.717) is 59.3 Å². The van der Waals surface area contributed by atoms with Crippen LogP contribution < -0.4 is 69.7 Å². The first-order chi connectivity index (χ1) is 21.7. The average molecular weight is 707 g/mol. The monoisotopic (exact) mass is 706 g/mol. The van der Waals surface area contributed by atoms with Crippen LogP contribution in [0.3, 0.4) is 0 Å². The summed E-state index contributed by atoms with van der Waals surface area (Å²) in [5, 5.41) is 6.71. The van der Waals surface area contributed by atoms with Crippen molar-refractivity contribution in [1.29, 1.82) is 0 Å². The molecule has 0 amide bonds. The third-order valence-corrected chi connectivity index (χ3v) is 9.65. The molecule has 0 aliphatic heterocycles. The van der Waals surface area contributed by atoms with Crippen molar-refractivity contribution in [1.82, 2.24) is 0 Å². The molecule has 0 saturated heterocycles. The molecule has 4 aromatic rings. The van der Waals surface area contributed by atoms with Crippen LogP contribution in [-0.2, 0) is 33.1 Å². The van der Waals surface area contributed by atoms with Gasteiger partial charge in [-0.05, 0) is 87.1 Å². The molecule has 0 aromatic heterocycles. The molecule has 0 fully saturated rings. The molecule has 4 aromatic carbocycles. The van der Waals surface area contributed by atoms with Gasteiger partial charge >= 0.3 is 59.1 Å². The van der Waals surface area contributed by atoms with E-state index < -0.39 is 20.2 Å². The zero-order chi connectivity index (χ0) is 33.2. The smallest absolute Gasteiger partial charge is 0.744 e. The predicted molar refractivity (Wildman–Crippen MR) is 171 cm³/mol. The molecular weight excluding hydrogens is 674 g/mol. The fourth-order valence-electron chi connectivity index (χ4n) is 5.62. The van der Waals surface area contributed by atoms with E-state index in [4.69, 9.17) is 0 Å². The van der Waals surface area contributed by atoms with E-state index in [1.807, 2.05) is 13.8 Å². The number of hydrogen-bond acceptors (Lipinski definition) is 10. The van der Waals surface area contributed by atoms with Gasteiger partial charge in [-0.25, -0.2) is 16.8 Å². The summed E-state index contributed by atoms with van der Waals surface area (Å²) in [6.45, 7) is 3.82. The molecule has 0 spiro atoms. The van der Waals surface area contributed by atoms with Gasteiger partial charge in [0, 0.05) is 34.6 Å². The third-order valence-electron chi connectivity index (χ3n) is 7.99. The van der Waals surface area contributed by atoms with Crippen LogP contribution in [0.5, 0.6) is 0 Å². The number of nitrogens with one attached hydrogen (secondary N) is 2. The summed E-state index contributed by atoms with van der Waals surface area (Å²) in [6, 6.07) is 21.6. The van der Waals surface area contributed by atoms with E-state index >= 15 is 0 Å². The summed E-state index contributed by atoms with van der Waals surface area (Å²) in [4.78, 5) is 27.1. The van der Waals surface area contributed by atoms with Crippen molar-refractivity contribution >= 4 is 43.2 Å². The van der Waals surface area contributed by atoms with E-state index in [0.717, 1.165) is 0 Å². The minimum atomic E-state index is -4.57. The van der Waals surface area contributed by atoms with Crippen LogP contribution in [0.15, 0.2) is 94.7 Å². The van der Waals surface area contributed by atoms with E-state index in [1.165, 1.54) is 36.4 Å². The Hall–Kier alpha value is -2.36. The van der Waals surface area contributed by atoms with Gasteiger partial charge in [-0.15, -0.1) is 0 Å². The molecule has 10 nitrogen and oxygen atoms in total. The molecule has 14 heteroatoms. The van der Waals surface area contributed by atoms with Gasteiger partial charge < -0.3 is 19.7 Å². The Labute approximate surface area is 325 Å². The maximum Gasteiger partial charge on any atom is 1.00 e. The molecule has 5 rings (SSSR count). The normalized spacial score (nSPS) is 13.7. The van der Waals surface area contributed by atoms with Crippen molar-refractivity contribution in [2.45, 2.75) is 61.4 Å². The first-order valence-electron chi connectivity index (χ1n) is 14.7. The van der Waals surface area contributed by atoms with Gasteiger partial charge in [0.15, 0.2) is 11.6 Å². The maximum atomic E-state index is 13.8. The molecule has 48 heavy (non-hydrogen) atoms. The van der Waals surface area contributed by atoms with Crippen molar-refractivity contribution < 1.29 is 94.6 Å². The molecule has 1 aliphatic carbocycles. The van der Waals surface area contributed by atoms with Gasteiger partial charge in [0.25, 0.3) is 0 Å². The Morgan fingerprint density at radius 3 is 1.31 bits per heavy atom. The molecule has 2 atom stereocenters. The van der Waals surface area contributed by atoms with Crippen LogP contribution in [0.4, 0.5) is 11.4 Å². The van der Waals surface area contributed by atoms with Crippen molar-refractivity contribution in [3.8, 4) is 0 Å². The van der Waals surface area contributed by atoms with Gasteiger partial charge in [0.2, 0.25) is 0 Å². The Morgan fingerprint density at radius 1 is 0.583 bits per heavy atom. The van der Waals surface area contributed by atoms with Crippen LogP contribution in [0.2, 0.25) is 0 Å². The fourth-order valence-corrected chi connectivity index (χ4v) is 6.70. The summed E-state index contributed by atoms with van der Waals surface area (Å²) in [5.74, 6) is -0.583. The molecule has 2 unspecified atom stereocenters. The van der Waals surface area contributed by atoms with E-state index in [9.17, 15) is 35.5 Å². The molecule has 0 bridgehead atoms. The minimum absolute atomic E-state index is 0. The Balaban J connectivity index is 0.00000312. The van der Waals surface area contributed by atoms with Crippen LogP contribution in [-0.4, -0.2) is 49.6 Å². The van der Waals surface area contributed by atoms with Gasteiger partial charge in [-0.2, -0.15) is 0 Å². The second-order valence-corrected chi connectivity index (χ2v) is 14.2. The van der Waals surface area contributed by atoms with Crippen molar-refractivity contribution in [2.75, 3.05) is 10.6 Å². The number of benzene rings is 4. The quantitative estimate of drug-likeness (QED) is 0.123. The third kappa shape index (κ3) is 9.45. The van der Waals surface area contributed by atoms with Crippen LogP contribution in [0.1, 0.15) is 69.7 Å². The van der Waals surface area contributed by atoms with Crippen molar-refractivity contribution in [2.24, 2.45) is 0 Å². The van der Waals surface area contributed by atoms with E-state index in [2.05, 4.69) is 10.6 Å². The van der Waals surface area contributed by atoms with Crippen LogP contribution in [0.25, 0.3) is 0 Å². The molecule has 1 aliphatic rings. The van der Waals surface area contributed by atoms with Gasteiger partial charge in [0.1, 0.15) is 20.2 Å². The Morgan fingerprint density at radius 2 is 0.958 bits per heavy atom. The van der Waals surface area contributed by atoms with E-state index in [-0.39, 0.29) is 104 Å². The second kappa shape index (κ2) is 16.6. The standard InChI is InChI=1S/C34H34N2O8S2.2Na/c1-21(13-15-23-7-5-9-25(19-23)45(39,40)41)35-29-17-18-30(32-31(29)33(37)27-11-3-4-12-28(27)34(32)38)36-22(2)14-16-24-8-6-10-26(20-24)46(42,43)44;;/h3-12,17-22,35-36H,13-16H2,1-2H3,(H,39,40,41)(H,42,43,44);;/q;2*+1/p-2. The number of hydrogen-bond donors (Lipinski definition) is 2. The van der Waals surface area contributed by atoms with E-state index in [1.54, 1.807) is 48.5 Å². The SMILES string of the molecule is CC(CCc1cccc(S(=O)(=O)[O-])c1)Nc1ccc(NC(C)CCc2cccc(S(=O)(=O)[O-])c2)c2c1C(=O)c1ccccc1C2=O.[Na+].[Na+]. The predicted octanol–water partition coefficient (Wildman–Crippen LogP) is -0.855. The molecular formula is C34H32N2Na2O8S2. The first kappa shape index (κ1) is 40.1. The average Bonchev–Trinajstić information content (AvgIpc) is 3.01. The number of carbonyl (C=O) groups is 2. The zero-order valence-electron chi connectivity index (χ0n) is 27.1. The number of rotatable bonds is 12. The number of anilines is 2. The van der Waals surface area contributed by atoms with Gasteiger partial charge in [-0.3, -0.25) is 9.59 Å². The summed E-state index contributed by atoms with van der Waals surface area (Å²) < 4.78 is 68.5. The van der Waals surface area contributed by atoms with Gasteiger partial charge in [0.05, 0.1) is 20.9 Å². The summed E-state index contributed by atoms with van der Waals surface area (Å²) in [5.41, 5.74) is 3.46. The Kier molecular flexibility index (Phi) is 13.8. The topological polar surface area (TPSA) is 173 Å². The summed E-state index contributed by atoms with van der Waals surface area (Å²) >= 11 is 0. The molecule has 0 saturated carbocycles. The fraction of sp³-hybridized carbons (Fsp3) is 0.235. The van der Waals surface area contributed by atoms with Crippen molar-refractivity contribution in [3.63, 3.8) is 0 Å². The van der Waals surface area contributed by atoms with Crippen LogP contribution >= 0.6 is 0 Å². The zero-order valence-corrected chi connectivity index (χ0v) is 32.8.